The zero-order valence-corrected chi connectivity index (χ0v) is 19.8. The predicted molar refractivity (Wildman–Crippen MR) is 135 cm³/mol. The highest BCUT2D eigenvalue weighted by Gasteiger charge is 2.20. The second kappa shape index (κ2) is 9.57. The quantitative estimate of drug-likeness (QED) is 0.276. The number of H-pyrrole nitrogens is 3. The molecule has 1 atom stereocenters. The number of imidazole rings is 1. The Morgan fingerprint density at radius 3 is 2.74 bits per heavy atom. The van der Waals surface area contributed by atoms with Crippen molar-refractivity contribution in [1.82, 2.24) is 19.9 Å². The molecule has 1 fully saturated rings. The number of aromatic amines is 3. The first-order chi connectivity index (χ1) is 16.9. The SMILES string of the molecule is Cc1cc(N2CCOCC2)cc2[nH]c(-c3c(NC[C@@H](O)c4cccc(Cl)c4)[nH]c(=O)[nH]c3=O)nc12. The molecule has 1 aliphatic rings. The summed E-state index contributed by atoms with van der Waals surface area (Å²) < 4.78 is 5.45. The monoisotopic (exact) mass is 496 g/mol. The minimum Gasteiger partial charge on any atom is -0.387 e. The summed E-state index contributed by atoms with van der Waals surface area (Å²) in [5.41, 5.74) is 2.99. The molecule has 5 rings (SSSR count). The number of rotatable bonds is 6. The topological polar surface area (TPSA) is 139 Å². The van der Waals surface area contributed by atoms with Crippen molar-refractivity contribution in [1.29, 1.82) is 0 Å². The number of morpholine rings is 1. The summed E-state index contributed by atoms with van der Waals surface area (Å²) in [5, 5.41) is 14.1. The third kappa shape index (κ3) is 4.81. The minimum atomic E-state index is -0.918. The van der Waals surface area contributed by atoms with Crippen LogP contribution in [0, 0.1) is 6.92 Å². The van der Waals surface area contributed by atoms with E-state index >= 15 is 0 Å². The van der Waals surface area contributed by atoms with Crippen molar-refractivity contribution in [3.63, 3.8) is 0 Å². The normalized spacial score (nSPS) is 14.9. The Morgan fingerprint density at radius 1 is 1.17 bits per heavy atom. The Hall–Kier alpha value is -3.60. The molecule has 0 bridgehead atoms. The van der Waals surface area contributed by atoms with E-state index in [1.54, 1.807) is 24.3 Å². The summed E-state index contributed by atoms with van der Waals surface area (Å²) in [6.45, 7) is 4.95. The summed E-state index contributed by atoms with van der Waals surface area (Å²) in [4.78, 5) is 39.8. The fourth-order valence-corrected chi connectivity index (χ4v) is 4.47. The number of aryl methyl sites for hydroxylation is 1. The third-order valence-corrected chi connectivity index (χ3v) is 6.26. The van der Waals surface area contributed by atoms with E-state index in [0.29, 0.717) is 29.6 Å². The van der Waals surface area contributed by atoms with Gasteiger partial charge in [0, 0.05) is 30.3 Å². The fourth-order valence-electron chi connectivity index (χ4n) is 4.27. The number of nitrogens with one attached hydrogen (secondary N) is 4. The highest BCUT2D eigenvalue weighted by atomic mass is 35.5. The number of aromatic nitrogens is 4. The van der Waals surface area contributed by atoms with Crippen LogP contribution >= 0.6 is 11.6 Å². The molecular formula is C24H25ClN6O4. The molecule has 1 saturated heterocycles. The van der Waals surface area contributed by atoms with E-state index in [0.717, 1.165) is 35.4 Å². The molecule has 4 aromatic rings. The number of hydrogen-bond donors (Lipinski definition) is 5. The first-order valence-electron chi connectivity index (χ1n) is 11.3. The zero-order chi connectivity index (χ0) is 24.5. The van der Waals surface area contributed by atoms with Crippen LogP contribution in [0.25, 0.3) is 22.4 Å². The lowest BCUT2D eigenvalue weighted by Gasteiger charge is -2.29. The van der Waals surface area contributed by atoms with Gasteiger partial charge in [-0.25, -0.2) is 9.78 Å². The highest BCUT2D eigenvalue weighted by Crippen LogP contribution is 2.29. The number of nitrogens with zero attached hydrogens (tertiary/aromatic N) is 2. The second-order valence-electron chi connectivity index (χ2n) is 8.45. The van der Waals surface area contributed by atoms with Gasteiger partial charge in [-0.3, -0.25) is 14.8 Å². The summed E-state index contributed by atoms with van der Waals surface area (Å²) in [6.07, 6.45) is -0.918. The molecule has 2 aromatic carbocycles. The first kappa shape index (κ1) is 23.2. The molecule has 35 heavy (non-hydrogen) atoms. The zero-order valence-electron chi connectivity index (χ0n) is 19.0. The van der Waals surface area contributed by atoms with Crippen LogP contribution < -0.4 is 21.5 Å². The maximum Gasteiger partial charge on any atom is 0.327 e. The highest BCUT2D eigenvalue weighted by molar-refractivity contribution is 6.30. The molecule has 0 amide bonds. The first-order valence-corrected chi connectivity index (χ1v) is 11.6. The molecular weight excluding hydrogens is 472 g/mol. The van der Waals surface area contributed by atoms with Gasteiger partial charge < -0.3 is 25.0 Å². The number of ether oxygens (including phenoxy) is 1. The number of halogens is 1. The second-order valence-corrected chi connectivity index (χ2v) is 8.89. The average Bonchev–Trinajstić information content (AvgIpc) is 3.27. The summed E-state index contributed by atoms with van der Waals surface area (Å²) in [6, 6.07) is 10.9. The van der Waals surface area contributed by atoms with Gasteiger partial charge in [0.15, 0.2) is 0 Å². The van der Waals surface area contributed by atoms with Gasteiger partial charge in [-0.1, -0.05) is 23.7 Å². The van der Waals surface area contributed by atoms with Crippen molar-refractivity contribution in [2.24, 2.45) is 0 Å². The van der Waals surface area contributed by atoms with Crippen molar-refractivity contribution < 1.29 is 9.84 Å². The van der Waals surface area contributed by atoms with E-state index in [4.69, 9.17) is 16.3 Å². The number of aliphatic hydroxyl groups excluding tert-OH is 1. The van der Waals surface area contributed by atoms with Crippen LogP contribution in [0.5, 0.6) is 0 Å². The molecule has 182 valence electrons. The minimum absolute atomic E-state index is 0.0349. The lowest BCUT2D eigenvalue weighted by molar-refractivity contribution is 0.122. The van der Waals surface area contributed by atoms with Crippen LogP contribution in [0.1, 0.15) is 17.2 Å². The Morgan fingerprint density at radius 2 is 1.97 bits per heavy atom. The van der Waals surface area contributed by atoms with Crippen molar-refractivity contribution in [2.75, 3.05) is 43.1 Å². The van der Waals surface area contributed by atoms with Crippen molar-refractivity contribution in [3.8, 4) is 11.4 Å². The lowest BCUT2D eigenvalue weighted by atomic mass is 10.1. The number of benzene rings is 2. The Bertz CT molecular complexity index is 1490. The van der Waals surface area contributed by atoms with E-state index in [2.05, 4.69) is 36.2 Å². The molecule has 3 heterocycles. The largest absolute Gasteiger partial charge is 0.387 e. The predicted octanol–water partition coefficient (Wildman–Crippen LogP) is 2.55. The fraction of sp³-hybridized carbons (Fsp3) is 0.292. The van der Waals surface area contributed by atoms with Gasteiger partial charge in [-0.15, -0.1) is 0 Å². The standard InChI is InChI=1S/C24H25ClN6O4/c1-13-9-16(31-5-7-35-8-6-31)11-17-20(13)28-22(27-17)19-21(29-24(34)30-23(19)33)26-12-18(32)14-3-2-4-15(25)10-14/h2-4,9-11,18,32H,5-8,12H2,1H3,(H,27,28)(H3,26,29,30,33,34)/t18-/m1/s1. The van der Waals surface area contributed by atoms with Crippen LogP contribution in [0.15, 0.2) is 46.0 Å². The van der Waals surface area contributed by atoms with E-state index in [9.17, 15) is 14.7 Å². The van der Waals surface area contributed by atoms with E-state index in [1.807, 2.05) is 13.0 Å². The number of anilines is 2. The summed E-state index contributed by atoms with van der Waals surface area (Å²) in [5.74, 6) is 0.462. The van der Waals surface area contributed by atoms with Gasteiger partial charge in [0.1, 0.15) is 17.2 Å². The van der Waals surface area contributed by atoms with Crippen molar-refractivity contribution in [2.45, 2.75) is 13.0 Å². The average molecular weight is 497 g/mol. The molecule has 0 saturated carbocycles. The van der Waals surface area contributed by atoms with Crippen molar-refractivity contribution >= 4 is 34.1 Å². The van der Waals surface area contributed by atoms with Gasteiger partial charge in [0.2, 0.25) is 0 Å². The lowest BCUT2D eigenvalue weighted by Crippen LogP contribution is -2.36. The van der Waals surface area contributed by atoms with Crippen molar-refractivity contribution in [3.05, 3.63) is 73.4 Å². The molecule has 10 nitrogen and oxygen atoms in total. The van der Waals surface area contributed by atoms with Crippen LogP contribution in [-0.4, -0.2) is 57.9 Å². The van der Waals surface area contributed by atoms with Gasteiger partial charge in [0.05, 0.1) is 30.4 Å². The van der Waals surface area contributed by atoms with Crippen LogP contribution in [0.3, 0.4) is 0 Å². The van der Waals surface area contributed by atoms with E-state index in [-0.39, 0.29) is 17.9 Å². The Balaban J connectivity index is 1.49. The maximum atomic E-state index is 12.8. The third-order valence-electron chi connectivity index (χ3n) is 6.02. The molecule has 2 aromatic heterocycles. The molecule has 1 aliphatic heterocycles. The Labute approximate surface area is 204 Å². The number of aliphatic hydroxyl groups is 1. The molecule has 0 radical (unpaired) electrons. The maximum absolute atomic E-state index is 12.8. The molecule has 0 aliphatic carbocycles. The van der Waals surface area contributed by atoms with Gasteiger partial charge in [-0.05, 0) is 42.3 Å². The molecule has 0 unspecified atom stereocenters. The summed E-state index contributed by atoms with van der Waals surface area (Å²) in [7, 11) is 0. The number of fused-ring (bicyclic) bond motifs is 1. The van der Waals surface area contributed by atoms with E-state index < -0.39 is 17.4 Å². The summed E-state index contributed by atoms with van der Waals surface area (Å²) >= 11 is 6.02. The van der Waals surface area contributed by atoms with E-state index in [1.165, 1.54) is 0 Å². The molecule has 11 heteroatoms. The van der Waals surface area contributed by atoms with Gasteiger partial charge in [-0.2, -0.15) is 0 Å². The number of hydrogen-bond acceptors (Lipinski definition) is 7. The van der Waals surface area contributed by atoms with Crippen LogP contribution in [0.2, 0.25) is 5.02 Å². The van der Waals surface area contributed by atoms with Gasteiger partial charge >= 0.3 is 5.69 Å². The van der Waals surface area contributed by atoms with Crippen LogP contribution in [-0.2, 0) is 4.74 Å². The van der Waals surface area contributed by atoms with Gasteiger partial charge in [0.25, 0.3) is 5.56 Å². The van der Waals surface area contributed by atoms with Crippen LogP contribution in [0.4, 0.5) is 11.5 Å². The molecule has 0 spiro atoms. The smallest absolute Gasteiger partial charge is 0.327 e. The molecule has 5 N–H and O–H groups in total. The Kier molecular flexibility index (Phi) is 6.33.